The third-order valence-corrected chi connectivity index (χ3v) is 9.18. The Morgan fingerprint density at radius 3 is 2.68 bits per heavy atom. The van der Waals surface area contributed by atoms with E-state index >= 15 is 0 Å². The van der Waals surface area contributed by atoms with Crippen LogP contribution >= 0.6 is 11.3 Å². The lowest BCUT2D eigenvalue weighted by Crippen LogP contribution is -2.48. The first-order valence-corrected chi connectivity index (χ1v) is 15.5. The van der Waals surface area contributed by atoms with E-state index in [0.29, 0.717) is 45.2 Å². The van der Waals surface area contributed by atoms with Crippen molar-refractivity contribution in [3.05, 3.63) is 46.8 Å². The first-order valence-electron chi connectivity index (χ1n) is 13.2. The van der Waals surface area contributed by atoms with E-state index in [1.807, 2.05) is 31.4 Å². The Hall–Kier alpha value is -2.63. The highest BCUT2D eigenvalue weighted by Crippen LogP contribution is 2.24. The van der Waals surface area contributed by atoms with Crippen molar-refractivity contribution in [1.82, 2.24) is 19.9 Å². The summed E-state index contributed by atoms with van der Waals surface area (Å²) < 4.78 is 27.0. The Bertz CT molecular complexity index is 1150. The SMILES string of the molecule is CC(C)C[C@H](NC(=O)Cc1cccs1)C(=O)NCCCCC1CCCN(S(=O)(=O)c2ccccn2)CC1=O. The fourth-order valence-electron chi connectivity index (χ4n) is 4.57. The number of carbonyl (C=O) groups excluding carboxylic acids is 3. The Balaban J connectivity index is 1.42. The topological polar surface area (TPSA) is 126 Å². The van der Waals surface area contributed by atoms with Crippen molar-refractivity contribution in [1.29, 1.82) is 0 Å². The van der Waals surface area contributed by atoms with Gasteiger partial charge >= 0.3 is 0 Å². The number of amides is 2. The van der Waals surface area contributed by atoms with E-state index < -0.39 is 16.1 Å². The Labute approximate surface area is 229 Å². The molecule has 0 aromatic carbocycles. The van der Waals surface area contributed by atoms with Crippen LogP contribution in [0, 0.1) is 11.8 Å². The Kier molecular flexibility index (Phi) is 11.4. The summed E-state index contributed by atoms with van der Waals surface area (Å²) in [6.07, 6.45) is 5.59. The summed E-state index contributed by atoms with van der Waals surface area (Å²) in [5, 5.41) is 7.68. The van der Waals surface area contributed by atoms with Crippen LogP contribution in [0.3, 0.4) is 0 Å². The lowest BCUT2D eigenvalue weighted by molar-refractivity contribution is -0.129. The minimum atomic E-state index is -3.80. The van der Waals surface area contributed by atoms with Crippen LogP contribution in [-0.2, 0) is 30.8 Å². The molecule has 0 aliphatic carbocycles. The Morgan fingerprint density at radius 1 is 1.18 bits per heavy atom. The van der Waals surface area contributed by atoms with E-state index in [4.69, 9.17) is 0 Å². The van der Waals surface area contributed by atoms with Crippen molar-refractivity contribution >= 4 is 39.0 Å². The maximum absolute atomic E-state index is 12.9. The lowest BCUT2D eigenvalue weighted by atomic mass is 9.93. The summed E-state index contributed by atoms with van der Waals surface area (Å²) in [5.74, 6) is -0.384. The van der Waals surface area contributed by atoms with Crippen molar-refractivity contribution in [3.63, 3.8) is 0 Å². The number of ketones is 1. The van der Waals surface area contributed by atoms with Gasteiger partial charge < -0.3 is 10.6 Å². The molecule has 1 aliphatic heterocycles. The van der Waals surface area contributed by atoms with Gasteiger partial charge in [0, 0.05) is 30.1 Å². The highest BCUT2D eigenvalue weighted by Gasteiger charge is 2.32. The van der Waals surface area contributed by atoms with Crippen molar-refractivity contribution in [2.24, 2.45) is 11.8 Å². The molecule has 38 heavy (non-hydrogen) atoms. The van der Waals surface area contributed by atoms with Gasteiger partial charge in [0.15, 0.2) is 10.8 Å². The first-order chi connectivity index (χ1) is 18.2. The van der Waals surface area contributed by atoms with Gasteiger partial charge in [-0.05, 0) is 61.6 Å². The standard InChI is InChI=1S/C27H38N4O5S2/c1-20(2)17-23(30-25(33)18-22-11-8-16-37-22)27(34)29-14-5-3-9-21-10-7-15-31(19-24(21)32)38(35,36)26-12-4-6-13-28-26/h4,6,8,11-13,16,20-21,23H,3,5,7,9-10,14-15,17-19H2,1-2H3,(H,29,34)(H,30,33)/t21?,23-/m0/s1. The van der Waals surface area contributed by atoms with Crippen LogP contribution in [-0.4, -0.2) is 61.0 Å². The third kappa shape index (κ3) is 8.99. The van der Waals surface area contributed by atoms with Gasteiger partial charge in [-0.1, -0.05) is 32.4 Å². The highest BCUT2D eigenvalue weighted by molar-refractivity contribution is 7.89. The molecule has 9 nitrogen and oxygen atoms in total. The molecule has 1 saturated heterocycles. The van der Waals surface area contributed by atoms with Crippen LogP contribution in [0.15, 0.2) is 46.9 Å². The number of Topliss-reactive ketones (excluding diaryl/α,β-unsaturated/α-hetero) is 1. The molecule has 0 radical (unpaired) electrons. The van der Waals surface area contributed by atoms with E-state index in [1.165, 1.54) is 27.9 Å². The number of unbranched alkanes of at least 4 members (excludes halogenated alkanes) is 1. The van der Waals surface area contributed by atoms with Crippen LogP contribution in [0.4, 0.5) is 0 Å². The average molecular weight is 563 g/mol. The molecule has 208 valence electrons. The summed E-state index contributed by atoms with van der Waals surface area (Å²) in [5.41, 5.74) is 0. The molecule has 3 heterocycles. The number of hydrogen-bond donors (Lipinski definition) is 2. The first kappa shape index (κ1) is 29.9. The van der Waals surface area contributed by atoms with Gasteiger partial charge in [0.2, 0.25) is 11.8 Å². The number of hydrogen-bond acceptors (Lipinski definition) is 7. The smallest absolute Gasteiger partial charge is 0.260 e. The largest absolute Gasteiger partial charge is 0.354 e. The van der Waals surface area contributed by atoms with Crippen LogP contribution in [0.2, 0.25) is 0 Å². The third-order valence-electron chi connectivity index (χ3n) is 6.54. The minimum absolute atomic E-state index is 0.0412. The van der Waals surface area contributed by atoms with Gasteiger partial charge in [-0.2, -0.15) is 4.31 Å². The molecular formula is C27H38N4O5S2. The minimum Gasteiger partial charge on any atom is -0.354 e. The van der Waals surface area contributed by atoms with Gasteiger partial charge in [-0.25, -0.2) is 13.4 Å². The summed E-state index contributed by atoms with van der Waals surface area (Å²) in [6, 6.07) is 7.92. The lowest BCUT2D eigenvalue weighted by Gasteiger charge is -2.20. The number of rotatable bonds is 13. The maximum Gasteiger partial charge on any atom is 0.260 e. The number of thiophene rings is 1. The molecular weight excluding hydrogens is 524 g/mol. The number of nitrogens with zero attached hydrogens (tertiary/aromatic N) is 2. The molecule has 1 fully saturated rings. The molecule has 2 amide bonds. The van der Waals surface area contributed by atoms with Gasteiger partial charge in [-0.15, -0.1) is 11.3 Å². The molecule has 2 atom stereocenters. The van der Waals surface area contributed by atoms with Crippen molar-refractivity contribution < 1.29 is 22.8 Å². The van der Waals surface area contributed by atoms with Gasteiger partial charge in [0.05, 0.1) is 13.0 Å². The number of nitrogens with one attached hydrogen (secondary N) is 2. The van der Waals surface area contributed by atoms with E-state index in [-0.39, 0.29) is 47.4 Å². The Morgan fingerprint density at radius 2 is 2.00 bits per heavy atom. The molecule has 2 N–H and O–H groups in total. The van der Waals surface area contributed by atoms with Gasteiger partial charge in [0.1, 0.15) is 6.04 Å². The van der Waals surface area contributed by atoms with E-state index in [2.05, 4.69) is 15.6 Å². The fraction of sp³-hybridized carbons (Fsp3) is 0.556. The van der Waals surface area contributed by atoms with Gasteiger partial charge in [-0.3, -0.25) is 14.4 Å². The summed E-state index contributed by atoms with van der Waals surface area (Å²) in [7, 11) is -3.80. The zero-order valence-electron chi connectivity index (χ0n) is 22.1. The highest BCUT2D eigenvalue weighted by atomic mass is 32.2. The van der Waals surface area contributed by atoms with Crippen molar-refractivity contribution in [3.8, 4) is 0 Å². The predicted molar refractivity (Wildman–Crippen MR) is 147 cm³/mol. The van der Waals surface area contributed by atoms with Crippen molar-refractivity contribution in [2.75, 3.05) is 19.6 Å². The van der Waals surface area contributed by atoms with Gasteiger partial charge in [0.25, 0.3) is 10.0 Å². The monoisotopic (exact) mass is 562 g/mol. The fourth-order valence-corrected chi connectivity index (χ4v) is 6.65. The second-order valence-corrected chi connectivity index (χ2v) is 13.0. The van der Waals surface area contributed by atoms with Crippen LogP contribution in [0.5, 0.6) is 0 Å². The van der Waals surface area contributed by atoms with E-state index in [1.54, 1.807) is 12.1 Å². The maximum atomic E-state index is 12.9. The zero-order valence-corrected chi connectivity index (χ0v) is 23.7. The van der Waals surface area contributed by atoms with E-state index in [9.17, 15) is 22.8 Å². The zero-order chi connectivity index (χ0) is 27.5. The molecule has 2 aromatic heterocycles. The molecule has 0 spiro atoms. The molecule has 0 saturated carbocycles. The van der Waals surface area contributed by atoms with Crippen LogP contribution in [0.1, 0.15) is 57.2 Å². The summed E-state index contributed by atoms with van der Waals surface area (Å²) >= 11 is 1.51. The molecule has 0 bridgehead atoms. The van der Waals surface area contributed by atoms with Crippen LogP contribution < -0.4 is 10.6 Å². The summed E-state index contributed by atoms with van der Waals surface area (Å²) in [6.45, 7) is 4.64. The molecule has 2 aromatic rings. The average Bonchev–Trinajstić information content (AvgIpc) is 3.31. The summed E-state index contributed by atoms with van der Waals surface area (Å²) in [4.78, 5) is 43.0. The number of pyridine rings is 1. The number of aromatic nitrogens is 1. The van der Waals surface area contributed by atoms with Crippen LogP contribution in [0.25, 0.3) is 0 Å². The second kappa shape index (κ2) is 14.5. The van der Waals surface area contributed by atoms with E-state index in [0.717, 1.165) is 11.3 Å². The molecule has 1 unspecified atom stereocenters. The second-order valence-electron chi connectivity index (χ2n) is 10.1. The number of carbonyl (C=O) groups is 3. The number of sulfonamides is 1. The van der Waals surface area contributed by atoms with Crippen molar-refractivity contribution in [2.45, 2.75) is 69.9 Å². The molecule has 3 rings (SSSR count). The quantitative estimate of drug-likeness (QED) is 0.361. The normalized spacial score (nSPS) is 17.7. The molecule has 11 heteroatoms. The molecule has 1 aliphatic rings. The predicted octanol–water partition coefficient (Wildman–Crippen LogP) is 3.17.